The van der Waals surface area contributed by atoms with Crippen LogP contribution in [0.3, 0.4) is 0 Å². The summed E-state index contributed by atoms with van der Waals surface area (Å²) in [5, 5.41) is 3.58. The quantitative estimate of drug-likeness (QED) is 0.661. The lowest BCUT2D eigenvalue weighted by Gasteiger charge is -2.34. The lowest BCUT2D eigenvalue weighted by Crippen LogP contribution is -2.46. The van der Waals surface area contributed by atoms with Gasteiger partial charge in [-0.25, -0.2) is 4.98 Å². The molecule has 5 nitrogen and oxygen atoms in total. The second kappa shape index (κ2) is 9.01. The van der Waals surface area contributed by atoms with Gasteiger partial charge in [-0.3, -0.25) is 4.79 Å². The van der Waals surface area contributed by atoms with Crippen molar-refractivity contribution in [2.24, 2.45) is 0 Å². The summed E-state index contributed by atoms with van der Waals surface area (Å²) in [6.45, 7) is 7.92. The average molecular weight is 485 g/mol. The number of rotatable bonds is 5. The predicted molar refractivity (Wildman–Crippen MR) is 114 cm³/mol. The van der Waals surface area contributed by atoms with Crippen LogP contribution < -0.4 is 10.2 Å². The molecule has 0 saturated carbocycles. The van der Waals surface area contributed by atoms with Crippen molar-refractivity contribution in [2.45, 2.75) is 13.5 Å². The van der Waals surface area contributed by atoms with Crippen molar-refractivity contribution < 1.29 is 4.79 Å². The lowest BCUT2D eigenvalue weighted by molar-refractivity contribution is 0.0951. The molecule has 1 amide bonds. The third-order valence-corrected chi connectivity index (χ3v) is 6.13. The topological polar surface area (TPSA) is 48.5 Å². The van der Waals surface area contributed by atoms with Crippen molar-refractivity contribution >= 4 is 45.9 Å². The highest BCUT2D eigenvalue weighted by Gasteiger charge is 2.16. The molecule has 2 heterocycles. The lowest BCUT2D eigenvalue weighted by atomic mass is 10.2. The molecular weight excluding hydrogens is 463 g/mol. The molecule has 2 aromatic rings. The van der Waals surface area contributed by atoms with Crippen molar-refractivity contribution in [3.8, 4) is 0 Å². The van der Waals surface area contributed by atoms with E-state index < -0.39 is 0 Å². The fourth-order valence-electron chi connectivity index (χ4n) is 2.92. The van der Waals surface area contributed by atoms with Crippen LogP contribution in [0.15, 0.2) is 36.5 Å². The maximum atomic E-state index is 12.3. The molecule has 0 spiro atoms. The van der Waals surface area contributed by atoms with Crippen molar-refractivity contribution in [1.29, 1.82) is 0 Å². The second-order valence-electron chi connectivity index (χ2n) is 6.26. The Morgan fingerprint density at radius 2 is 2.00 bits per heavy atom. The third-order valence-electron chi connectivity index (χ3n) is 4.59. The number of carbonyl (C=O) groups is 1. The van der Waals surface area contributed by atoms with E-state index in [1.165, 1.54) is 0 Å². The van der Waals surface area contributed by atoms with Gasteiger partial charge in [0.15, 0.2) is 0 Å². The van der Waals surface area contributed by atoms with Crippen LogP contribution >= 0.6 is 34.2 Å². The molecular formula is C19H22ClIN4O. The minimum Gasteiger partial charge on any atom is -0.354 e. The van der Waals surface area contributed by atoms with Crippen LogP contribution in [0.5, 0.6) is 0 Å². The van der Waals surface area contributed by atoms with Gasteiger partial charge in [0.05, 0.1) is 5.02 Å². The highest BCUT2D eigenvalue weighted by atomic mass is 127. The Morgan fingerprint density at radius 3 is 2.62 bits per heavy atom. The fourth-order valence-corrected chi connectivity index (χ4v) is 3.56. The molecule has 1 aliphatic heterocycles. The van der Waals surface area contributed by atoms with Gasteiger partial charge in [0.2, 0.25) is 0 Å². The molecule has 138 valence electrons. The van der Waals surface area contributed by atoms with Crippen molar-refractivity contribution in [3.05, 3.63) is 56.2 Å². The summed E-state index contributed by atoms with van der Waals surface area (Å²) in [5.74, 6) is 0.891. The number of nitrogens with zero attached hydrogens (tertiary/aromatic N) is 3. The number of piperazine rings is 1. The Bertz CT molecular complexity index is 761. The number of likely N-dealkylation sites (N-methyl/N-ethyl adjacent to an activating group) is 1. The summed E-state index contributed by atoms with van der Waals surface area (Å²) >= 11 is 8.12. The van der Waals surface area contributed by atoms with E-state index in [0.29, 0.717) is 17.1 Å². The van der Waals surface area contributed by atoms with Crippen LogP contribution in [0.4, 0.5) is 5.82 Å². The SMILES string of the molecule is CCN1CCN(c2ccc(CNC(=O)c3ccc(Cl)c(I)c3)cn2)CC1. The van der Waals surface area contributed by atoms with Gasteiger partial charge in [-0.1, -0.05) is 24.6 Å². The summed E-state index contributed by atoms with van der Waals surface area (Å²) in [6.07, 6.45) is 1.84. The van der Waals surface area contributed by atoms with Gasteiger partial charge in [-0.05, 0) is 59.0 Å². The maximum Gasteiger partial charge on any atom is 0.251 e. The molecule has 0 bridgehead atoms. The van der Waals surface area contributed by atoms with Crippen molar-refractivity contribution in [3.63, 3.8) is 0 Å². The molecule has 26 heavy (non-hydrogen) atoms. The molecule has 0 atom stereocenters. The monoisotopic (exact) mass is 484 g/mol. The number of carbonyl (C=O) groups excluding carboxylic acids is 1. The van der Waals surface area contributed by atoms with E-state index in [1.807, 2.05) is 18.3 Å². The van der Waals surface area contributed by atoms with Gasteiger partial charge in [-0.15, -0.1) is 0 Å². The zero-order chi connectivity index (χ0) is 18.5. The van der Waals surface area contributed by atoms with Crippen LogP contribution in [0, 0.1) is 3.57 Å². The van der Waals surface area contributed by atoms with E-state index in [0.717, 1.165) is 47.7 Å². The van der Waals surface area contributed by atoms with E-state index in [1.54, 1.807) is 18.2 Å². The summed E-state index contributed by atoms with van der Waals surface area (Å²) in [4.78, 5) is 21.6. The predicted octanol–water partition coefficient (Wildman–Crippen LogP) is 3.41. The summed E-state index contributed by atoms with van der Waals surface area (Å²) in [6, 6.07) is 9.33. The smallest absolute Gasteiger partial charge is 0.251 e. The Labute approximate surface area is 172 Å². The van der Waals surface area contributed by atoms with Gasteiger partial charge in [0.25, 0.3) is 5.91 Å². The zero-order valence-electron chi connectivity index (χ0n) is 14.7. The first-order chi connectivity index (χ1) is 12.6. The highest BCUT2D eigenvalue weighted by molar-refractivity contribution is 14.1. The van der Waals surface area contributed by atoms with E-state index >= 15 is 0 Å². The second-order valence-corrected chi connectivity index (χ2v) is 7.83. The molecule has 1 aromatic carbocycles. The van der Waals surface area contributed by atoms with E-state index in [2.05, 4.69) is 49.6 Å². The Hall–Kier alpha value is -1.38. The first-order valence-electron chi connectivity index (χ1n) is 8.72. The minimum absolute atomic E-state index is 0.112. The largest absolute Gasteiger partial charge is 0.354 e. The Kier molecular flexibility index (Phi) is 6.72. The standard InChI is InChI=1S/C19H22ClIN4O/c1-2-24-7-9-25(10-8-24)18-6-3-14(12-22-18)13-23-19(26)15-4-5-16(20)17(21)11-15/h3-6,11-12H,2,7-10,13H2,1H3,(H,23,26). The van der Waals surface area contributed by atoms with Crippen LogP contribution in [-0.4, -0.2) is 48.5 Å². The zero-order valence-corrected chi connectivity index (χ0v) is 17.6. The number of hydrogen-bond donors (Lipinski definition) is 1. The number of anilines is 1. The molecule has 1 aliphatic rings. The van der Waals surface area contributed by atoms with E-state index in [-0.39, 0.29) is 5.91 Å². The van der Waals surface area contributed by atoms with E-state index in [9.17, 15) is 4.79 Å². The van der Waals surface area contributed by atoms with Crippen LogP contribution in [-0.2, 0) is 6.54 Å². The van der Waals surface area contributed by atoms with Gasteiger partial charge in [0, 0.05) is 48.1 Å². The van der Waals surface area contributed by atoms with Gasteiger partial charge in [0.1, 0.15) is 5.82 Å². The maximum absolute atomic E-state index is 12.3. The molecule has 7 heteroatoms. The third kappa shape index (κ3) is 4.86. The molecule has 0 radical (unpaired) electrons. The number of nitrogens with one attached hydrogen (secondary N) is 1. The number of amides is 1. The van der Waals surface area contributed by atoms with Gasteiger partial charge in [-0.2, -0.15) is 0 Å². The molecule has 1 fully saturated rings. The normalized spacial score (nSPS) is 15.1. The number of halogens is 2. The molecule has 0 unspecified atom stereocenters. The first kappa shape index (κ1) is 19.4. The van der Waals surface area contributed by atoms with Gasteiger partial charge >= 0.3 is 0 Å². The number of pyridine rings is 1. The van der Waals surface area contributed by atoms with Crippen LogP contribution in [0.2, 0.25) is 5.02 Å². The van der Waals surface area contributed by atoms with Crippen molar-refractivity contribution in [2.75, 3.05) is 37.6 Å². The summed E-state index contributed by atoms with van der Waals surface area (Å²) < 4.78 is 0.867. The number of hydrogen-bond acceptors (Lipinski definition) is 4. The van der Waals surface area contributed by atoms with Crippen molar-refractivity contribution in [1.82, 2.24) is 15.2 Å². The Balaban J connectivity index is 1.54. The molecule has 1 N–H and O–H groups in total. The molecule has 1 saturated heterocycles. The average Bonchev–Trinajstić information content (AvgIpc) is 2.68. The molecule has 0 aliphatic carbocycles. The highest BCUT2D eigenvalue weighted by Crippen LogP contribution is 2.19. The first-order valence-corrected chi connectivity index (χ1v) is 10.2. The molecule has 1 aromatic heterocycles. The van der Waals surface area contributed by atoms with E-state index in [4.69, 9.17) is 11.6 Å². The van der Waals surface area contributed by atoms with Gasteiger partial charge < -0.3 is 15.1 Å². The van der Waals surface area contributed by atoms with Crippen LogP contribution in [0.1, 0.15) is 22.8 Å². The number of aromatic nitrogens is 1. The summed E-state index contributed by atoms with van der Waals surface area (Å²) in [5.41, 5.74) is 1.59. The number of benzene rings is 1. The van der Waals surface area contributed by atoms with Crippen LogP contribution in [0.25, 0.3) is 0 Å². The Morgan fingerprint density at radius 1 is 1.23 bits per heavy atom. The molecule has 3 rings (SSSR count). The minimum atomic E-state index is -0.112. The fraction of sp³-hybridized carbons (Fsp3) is 0.368. The summed E-state index contributed by atoms with van der Waals surface area (Å²) in [7, 11) is 0.